The molecule has 0 radical (unpaired) electrons. The molecule has 0 aromatic heterocycles. The standard InChI is InChI=1S/C23H19Cl2NO5/c24-19-5-1-3-16(9-19)13-29-21-7-8-22(18(11-21)12-26-31-15-23(27)28)30-14-17-4-2-6-20(25)10-17/h1-12H,13-15H2,(H,27,28)/b26-12+. The Hall–Kier alpha value is -3.22. The summed E-state index contributed by atoms with van der Waals surface area (Å²) >= 11 is 12.0. The number of hydrogen-bond donors (Lipinski definition) is 1. The van der Waals surface area contributed by atoms with Gasteiger partial charge in [-0.15, -0.1) is 0 Å². The molecule has 3 aromatic rings. The normalized spacial score (nSPS) is 10.8. The number of hydrogen-bond acceptors (Lipinski definition) is 5. The van der Waals surface area contributed by atoms with E-state index in [2.05, 4.69) is 5.16 Å². The Balaban J connectivity index is 1.73. The zero-order valence-electron chi connectivity index (χ0n) is 16.3. The number of rotatable bonds is 10. The maximum atomic E-state index is 10.6. The lowest BCUT2D eigenvalue weighted by molar-refractivity contribution is -0.142. The summed E-state index contributed by atoms with van der Waals surface area (Å²) in [6.45, 7) is 0.0790. The highest BCUT2D eigenvalue weighted by Gasteiger charge is 2.07. The van der Waals surface area contributed by atoms with Crippen LogP contribution in [0.15, 0.2) is 71.9 Å². The molecule has 0 aliphatic carbocycles. The van der Waals surface area contributed by atoms with Crippen LogP contribution in [0, 0.1) is 0 Å². The lowest BCUT2D eigenvalue weighted by atomic mass is 10.2. The van der Waals surface area contributed by atoms with E-state index in [9.17, 15) is 4.79 Å². The van der Waals surface area contributed by atoms with Crippen molar-refractivity contribution in [1.29, 1.82) is 0 Å². The van der Waals surface area contributed by atoms with Crippen molar-refractivity contribution in [3.8, 4) is 11.5 Å². The van der Waals surface area contributed by atoms with Crippen LogP contribution in [0.2, 0.25) is 10.0 Å². The number of oxime groups is 1. The molecule has 6 nitrogen and oxygen atoms in total. The Morgan fingerprint density at radius 3 is 2.16 bits per heavy atom. The fourth-order valence-corrected chi connectivity index (χ4v) is 3.04. The van der Waals surface area contributed by atoms with E-state index in [4.69, 9.17) is 42.6 Å². The minimum Gasteiger partial charge on any atom is -0.489 e. The summed E-state index contributed by atoms with van der Waals surface area (Å²) in [5, 5.41) is 13.6. The van der Waals surface area contributed by atoms with Crippen LogP contribution in [0.5, 0.6) is 11.5 Å². The molecule has 3 aromatic carbocycles. The first kappa shape index (κ1) is 22.5. The topological polar surface area (TPSA) is 77.4 Å². The fraction of sp³-hybridized carbons (Fsp3) is 0.130. The zero-order valence-corrected chi connectivity index (χ0v) is 17.8. The number of carbonyl (C=O) groups is 1. The summed E-state index contributed by atoms with van der Waals surface area (Å²) in [6, 6.07) is 20.0. The van der Waals surface area contributed by atoms with Gasteiger partial charge >= 0.3 is 5.97 Å². The Morgan fingerprint density at radius 2 is 1.55 bits per heavy atom. The molecule has 0 spiro atoms. The van der Waals surface area contributed by atoms with Crippen LogP contribution in [0.25, 0.3) is 0 Å². The third-order valence-corrected chi connectivity index (χ3v) is 4.48. The number of ether oxygens (including phenoxy) is 2. The van der Waals surface area contributed by atoms with Crippen molar-refractivity contribution in [2.75, 3.05) is 6.61 Å². The third kappa shape index (κ3) is 7.51. The van der Waals surface area contributed by atoms with Gasteiger partial charge in [-0.1, -0.05) is 52.6 Å². The first-order valence-electron chi connectivity index (χ1n) is 9.25. The minimum absolute atomic E-state index is 0.292. The number of benzene rings is 3. The molecule has 0 saturated carbocycles. The summed E-state index contributed by atoms with van der Waals surface area (Å²) in [7, 11) is 0. The number of aliphatic carboxylic acids is 1. The van der Waals surface area contributed by atoms with Crippen molar-refractivity contribution in [2.24, 2.45) is 5.16 Å². The second-order valence-electron chi connectivity index (χ2n) is 6.44. The van der Waals surface area contributed by atoms with Gasteiger partial charge in [0.05, 0.1) is 6.21 Å². The van der Waals surface area contributed by atoms with E-state index >= 15 is 0 Å². The Labute approximate surface area is 189 Å². The maximum absolute atomic E-state index is 10.6. The average molecular weight is 460 g/mol. The molecule has 160 valence electrons. The second-order valence-corrected chi connectivity index (χ2v) is 7.31. The van der Waals surface area contributed by atoms with E-state index < -0.39 is 12.6 Å². The summed E-state index contributed by atoms with van der Waals surface area (Å²) < 4.78 is 11.7. The minimum atomic E-state index is -1.12. The van der Waals surface area contributed by atoms with E-state index in [0.717, 1.165) is 11.1 Å². The van der Waals surface area contributed by atoms with Crippen LogP contribution >= 0.6 is 23.2 Å². The molecule has 0 atom stereocenters. The van der Waals surface area contributed by atoms with E-state index in [1.807, 2.05) is 36.4 Å². The SMILES string of the molecule is O=C(O)CO/N=C/c1cc(OCc2cccc(Cl)c2)ccc1OCc1cccc(Cl)c1. The predicted molar refractivity (Wildman–Crippen MR) is 119 cm³/mol. The van der Waals surface area contributed by atoms with Crippen LogP contribution in [-0.4, -0.2) is 23.9 Å². The van der Waals surface area contributed by atoms with Crippen LogP contribution < -0.4 is 9.47 Å². The van der Waals surface area contributed by atoms with Crippen LogP contribution in [0.3, 0.4) is 0 Å². The van der Waals surface area contributed by atoms with Crippen LogP contribution in [0.4, 0.5) is 0 Å². The molecule has 0 heterocycles. The molecule has 0 aliphatic rings. The van der Waals surface area contributed by atoms with E-state index in [1.165, 1.54) is 6.21 Å². The smallest absolute Gasteiger partial charge is 0.344 e. The monoisotopic (exact) mass is 459 g/mol. The highest BCUT2D eigenvalue weighted by atomic mass is 35.5. The van der Waals surface area contributed by atoms with Crippen molar-refractivity contribution in [3.05, 3.63) is 93.5 Å². The quantitative estimate of drug-likeness (QED) is 0.316. The maximum Gasteiger partial charge on any atom is 0.344 e. The molecular formula is C23H19Cl2NO5. The van der Waals surface area contributed by atoms with Crippen LogP contribution in [0.1, 0.15) is 16.7 Å². The summed E-state index contributed by atoms with van der Waals surface area (Å²) in [4.78, 5) is 15.4. The molecule has 8 heteroatoms. The highest BCUT2D eigenvalue weighted by molar-refractivity contribution is 6.30. The van der Waals surface area contributed by atoms with Gasteiger partial charge in [0.2, 0.25) is 6.61 Å². The van der Waals surface area contributed by atoms with E-state index in [-0.39, 0.29) is 0 Å². The van der Waals surface area contributed by atoms with E-state index in [1.54, 1.807) is 30.3 Å². The van der Waals surface area contributed by atoms with Crippen molar-refractivity contribution < 1.29 is 24.2 Å². The molecule has 0 unspecified atom stereocenters. The molecule has 31 heavy (non-hydrogen) atoms. The lowest BCUT2D eigenvalue weighted by Crippen LogP contribution is -2.04. The van der Waals surface area contributed by atoms with Crippen LogP contribution in [-0.2, 0) is 22.8 Å². The number of halogens is 2. The van der Waals surface area contributed by atoms with Gasteiger partial charge in [0.1, 0.15) is 24.7 Å². The highest BCUT2D eigenvalue weighted by Crippen LogP contribution is 2.25. The second kappa shape index (κ2) is 11.2. The van der Waals surface area contributed by atoms with Gasteiger partial charge in [0.15, 0.2) is 0 Å². The van der Waals surface area contributed by atoms with Gasteiger partial charge in [-0.05, 0) is 53.6 Å². The molecule has 0 fully saturated rings. The van der Waals surface area contributed by atoms with Gasteiger partial charge in [-0.2, -0.15) is 0 Å². The van der Waals surface area contributed by atoms with Crippen molar-refractivity contribution in [1.82, 2.24) is 0 Å². The van der Waals surface area contributed by atoms with E-state index in [0.29, 0.717) is 40.3 Å². The third-order valence-electron chi connectivity index (χ3n) is 4.01. The molecule has 0 amide bonds. The van der Waals surface area contributed by atoms with Gasteiger partial charge < -0.3 is 19.4 Å². The van der Waals surface area contributed by atoms with Gasteiger partial charge in [0, 0.05) is 15.6 Å². The van der Waals surface area contributed by atoms with Gasteiger partial charge in [-0.3, -0.25) is 0 Å². The predicted octanol–water partition coefficient (Wildman–Crippen LogP) is 5.59. The molecule has 3 rings (SSSR count). The summed E-state index contributed by atoms with van der Waals surface area (Å²) in [5.74, 6) is -0.0132. The van der Waals surface area contributed by atoms with Crippen molar-refractivity contribution >= 4 is 35.4 Å². The zero-order chi connectivity index (χ0) is 22.1. The number of nitrogens with zero attached hydrogens (tertiary/aromatic N) is 1. The first-order valence-corrected chi connectivity index (χ1v) is 10.0. The molecule has 0 bridgehead atoms. The van der Waals surface area contributed by atoms with Gasteiger partial charge in [0.25, 0.3) is 0 Å². The Morgan fingerprint density at radius 1 is 0.903 bits per heavy atom. The van der Waals surface area contributed by atoms with Crippen molar-refractivity contribution in [3.63, 3.8) is 0 Å². The summed E-state index contributed by atoms with van der Waals surface area (Å²) in [6.07, 6.45) is 1.38. The summed E-state index contributed by atoms with van der Waals surface area (Å²) in [5.41, 5.74) is 2.39. The fourth-order valence-electron chi connectivity index (χ4n) is 2.62. The number of carboxylic acid groups (broad SMARTS) is 1. The lowest BCUT2D eigenvalue weighted by Gasteiger charge is -2.12. The Bertz CT molecular complexity index is 1070. The van der Waals surface area contributed by atoms with Gasteiger partial charge in [-0.25, -0.2) is 4.79 Å². The molecule has 0 aliphatic heterocycles. The number of carboxylic acids is 1. The largest absolute Gasteiger partial charge is 0.489 e. The Kier molecular flexibility index (Phi) is 8.15. The molecular weight excluding hydrogens is 441 g/mol. The molecule has 1 N–H and O–H groups in total. The molecule has 0 saturated heterocycles. The first-order chi connectivity index (χ1) is 15.0. The van der Waals surface area contributed by atoms with Crippen molar-refractivity contribution in [2.45, 2.75) is 13.2 Å². The average Bonchev–Trinajstić information content (AvgIpc) is 2.74.